The molecule has 0 aromatic rings. The molecule has 0 rings (SSSR count). The second kappa shape index (κ2) is 18.3. The van der Waals surface area contributed by atoms with Crippen molar-refractivity contribution in [1.29, 1.82) is 0 Å². The van der Waals surface area contributed by atoms with Gasteiger partial charge in [-0.25, -0.2) is 0 Å². The van der Waals surface area contributed by atoms with E-state index < -0.39 is 0 Å². The zero-order valence-electron chi connectivity index (χ0n) is 15.9. The molecular weight excluding hydrogens is 304 g/mol. The molecule has 0 aliphatic rings. The first-order valence-corrected chi connectivity index (χ1v) is 10.0. The summed E-state index contributed by atoms with van der Waals surface area (Å²) in [5.41, 5.74) is 0. The second-order valence-corrected chi connectivity index (χ2v) is 6.48. The molecule has 0 saturated carbocycles. The minimum absolute atomic E-state index is 0.106. The van der Waals surface area contributed by atoms with Crippen LogP contribution < -0.4 is 0 Å². The molecule has 0 bridgehead atoms. The van der Waals surface area contributed by atoms with E-state index in [-0.39, 0.29) is 11.9 Å². The van der Waals surface area contributed by atoms with Crippen LogP contribution in [-0.2, 0) is 19.1 Å². The molecular formula is C20H38O4. The summed E-state index contributed by atoms with van der Waals surface area (Å²) in [5.74, 6) is -0.220. The number of carbonyl (C=O) groups excluding carboxylic acids is 2. The Labute approximate surface area is 148 Å². The SMILES string of the molecule is CCCCCCCCOC(=O)CCCCCC(=O)OCCCCC. The Kier molecular flexibility index (Phi) is 17.5. The van der Waals surface area contributed by atoms with Gasteiger partial charge in [0.1, 0.15) is 0 Å². The van der Waals surface area contributed by atoms with Crippen molar-refractivity contribution in [1.82, 2.24) is 0 Å². The van der Waals surface area contributed by atoms with E-state index >= 15 is 0 Å². The van der Waals surface area contributed by atoms with E-state index in [0.29, 0.717) is 26.1 Å². The molecule has 0 radical (unpaired) electrons. The maximum Gasteiger partial charge on any atom is 0.305 e. The van der Waals surface area contributed by atoms with Gasteiger partial charge in [0.05, 0.1) is 13.2 Å². The molecule has 4 nitrogen and oxygen atoms in total. The van der Waals surface area contributed by atoms with Gasteiger partial charge >= 0.3 is 11.9 Å². The molecule has 0 spiro atoms. The highest BCUT2D eigenvalue weighted by Crippen LogP contribution is 2.08. The Morgan fingerprint density at radius 3 is 1.46 bits per heavy atom. The van der Waals surface area contributed by atoms with Crippen molar-refractivity contribution >= 4 is 11.9 Å². The summed E-state index contributed by atoms with van der Waals surface area (Å²) in [4.78, 5) is 23.0. The third kappa shape index (κ3) is 17.3. The number of esters is 2. The average molecular weight is 343 g/mol. The summed E-state index contributed by atoms with van der Waals surface area (Å²) >= 11 is 0. The lowest BCUT2D eigenvalue weighted by Crippen LogP contribution is -2.07. The maximum absolute atomic E-state index is 11.6. The summed E-state index contributed by atoms with van der Waals surface area (Å²) in [7, 11) is 0. The lowest BCUT2D eigenvalue weighted by atomic mass is 10.1. The van der Waals surface area contributed by atoms with Crippen LogP contribution in [0.4, 0.5) is 0 Å². The van der Waals surface area contributed by atoms with Crippen LogP contribution in [0.1, 0.15) is 104 Å². The molecule has 0 saturated heterocycles. The van der Waals surface area contributed by atoms with Gasteiger partial charge in [-0.1, -0.05) is 65.2 Å². The Morgan fingerprint density at radius 1 is 0.542 bits per heavy atom. The van der Waals surface area contributed by atoms with Gasteiger partial charge < -0.3 is 9.47 Å². The predicted molar refractivity (Wildman–Crippen MR) is 97.9 cm³/mol. The molecule has 0 fully saturated rings. The molecule has 0 N–H and O–H groups in total. The minimum atomic E-state index is -0.114. The molecule has 142 valence electrons. The van der Waals surface area contributed by atoms with Crippen molar-refractivity contribution in [2.45, 2.75) is 104 Å². The fraction of sp³-hybridized carbons (Fsp3) is 0.900. The first-order chi connectivity index (χ1) is 11.7. The van der Waals surface area contributed by atoms with Crippen LogP contribution in [0.2, 0.25) is 0 Å². The number of ether oxygens (including phenoxy) is 2. The van der Waals surface area contributed by atoms with Gasteiger partial charge in [0.2, 0.25) is 0 Å². The van der Waals surface area contributed by atoms with Crippen LogP contribution >= 0.6 is 0 Å². The van der Waals surface area contributed by atoms with Gasteiger partial charge in [-0.3, -0.25) is 9.59 Å². The van der Waals surface area contributed by atoms with Crippen LogP contribution in [0.25, 0.3) is 0 Å². The number of unbranched alkanes of at least 4 members (excludes halogenated alkanes) is 9. The van der Waals surface area contributed by atoms with Gasteiger partial charge in [-0.15, -0.1) is 0 Å². The molecule has 0 unspecified atom stereocenters. The fourth-order valence-electron chi connectivity index (χ4n) is 2.47. The maximum atomic E-state index is 11.6. The molecule has 0 aliphatic carbocycles. The zero-order valence-corrected chi connectivity index (χ0v) is 15.9. The lowest BCUT2D eigenvalue weighted by molar-refractivity contribution is -0.144. The topological polar surface area (TPSA) is 52.6 Å². The van der Waals surface area contributed by atoms with E-state index in [2.05, 4.69) is 13.8 Å². The summed E-state index contributed by atoms with van der Waals surface area (Å²) in [6.45, 7) is 5.42. The first-order valence-electron chi connectivity index (χ1n) is 10.0. The molecule has 0 amide bonds. The molecule has 0 aromatic heterocycles. The van der Waals surface area contributed by atoms with Gasteiger partial charge in [-0.05, 0) is 25.7 Å². The first kappa shape index (κ1) is 22.9. The van der Waals surface area contributed by atoms with Crippen LogP contribution in [0.15, 0.2) is 0 Å². The van der Waals surface area contributed by atoms with E-state index in [1.165, 1.54) is 25.7 Å². The summed E-state index contributed by atoms with van der Waals surface area (Å²) in [6, 6.07) is 0. The Balaban J connectivity index is 3.29. The van der Waals surface area contributed by atoms with Gasteiger partial charge in [-0.2, -0.15) is 0 Å². The molecule has 0 atom stereocenters. The number of rotatable bonds is 17. The normalized spacial score (nSPS) is 10.6. The smallest absolute Gasteiger partial charge is 0.305 e. The fourth-order valence-corrected chi connectivity index (χ4v) is 2.47. The number of carbonyl (C=O) groups is 2. The summed E-state index contributed by atoms with van der Waals surface area (Å²) in [6.07, 6.45) is 13.7. The van der Waals surface area contributed by atoms with E-state index in [1.807, 2.05) is 0 Å². The zero-order chi connectivity index (χ0) is 17.9. The Bertz CT molecular complexity index is 302. The lowest BCUT2D eigenvalue weighted by Gasteiger charge is -2.06. The van der Waals surface area contributed by atoms with Crippen LogP contribution in [-0.4, -0.2) is 25.2 Å². The molecule has 0 aromatic carbocycles. The van der Waals surface area contributed by atoms with E-state index in [9.17, 15) is 9.59 Å². The number of hydrogen-bond donors (Lipinski definition) is 0. The molecule has 0 aliphatic heterocycles. The standard InChI is InChI=1S/C20H38O4/c1-3-5-7-8-9-14-18-24-20(22)16-12-10-11-15-19(21)23-17-13-6-4-2/h3-18H2,1-2H3. The molecule has 0 heterocycles. The van der Waals surface area contributed by atoms with Gasteiger partial charge in [0.15, 0.2) is 0 Å². The van der Waals surface area contributed by atoms with Crippen molar-refractivity contribution in [3.05, 3.63) is 0 Å². The van der Waals surface area contributed by atoms with E-state index in [4.69, 9.17) is 9.47 Å². The Morgan fingerprint density at radius 2 is 0.917 bits per heavy atom. The van der Waals surface area contributed by atoms with Crippen LogP contribution in [0.3, 0.4) is 0 Å². The van der Waals surface area contributed by atoms with Crippen molar-refractivity contribution in [3.8, 4) is 0 Å². The average Bonchev–Trinajstić information content (AvgIpc) is 2.57. The van der Waals surface area contributed by atoms with Crippen molar-refractivity contribution in [2.75, 3.05) is 13.2 Å². The van der Waals surface area contributed by atoms with Crippen molar-refractivity contribution in [2.24, 2.45) is 0 Å². The third-order valence-corrected chi connectivity index (χ3v) is 4.03. The molecule has 4 heteroatoms. The van der Waals surface area contributed by atoms with Crippen LogP contribution in [0, 0.1) is 0 Å². The monoisotopic (exact) mass is 342 g/mol. The van der Waals surface area contributed by atoms with Crippen LogP contribution in [0.5, 0.6) is 0 Å². The second-order valence-electron chi connectivity index (χ2n) is 6.48. The predicted octanol–water partition coefficient (Wildman–Crippen LogP) is 5.57. The third-order valence-electron chi connectivity index (χ3n) is 4.03. The highest BCUT2D eigenvalue weighted by Gasteiger charge is 2.05. The summed E-state index contributed by atoms with van der Waals surface area (Å²) in [5, 5.41) is 0. The van der Waals surface area contributed by atoms with E-state index in [0.717, 1.165) is 51.4 Å². The van der Waals surface area contributed by atoms with Crippen molar-refractivity contribution < 1.29 is 19.1 Å². The summed E-state index contributed by atoms with van der Waals surface area (Å²) < 4.78 is 10.4. The van der Waals surface area contributed by atoms with Crippen molar-refractivity contribution in [3.63, 3.8) is 0 Å². The minimum Gasteiger partial charge on any atom is -0.466 e. The van der Waals surface area contributed by atoms with Gasteiger partial charge in [0.25, 0.3) is 0 Å². The number of hydrogen-bond acceptors (Lipinski definition) is 4. The quantitative estimate of drug-likeness (QED) is 0.256. The molecule has 24 heavy (non-hydrogen) atoms. The highest BCUT2D eigenvalue weighted by atomic mass is 16.5. The van der Waals surface area contributed by atoms with Gasteiger partial charge in [0, 0.05) is 12.8 Å². The largest absolute Gasteiger partial charge is 0.466 e. The Hall–Kier alpha value is -1.06. The van der Waals surface area contributed by atoms with E-state index in [1.54, 1.807) is 0 Å². The highest BCUT2D eigenvalue weighted by molar-refractivity contribution is 5.69.